The largest absolute Gasteiger partial charge is 0.507 e. The second-order valence-corrected chi connectivity index (χ2v) is 7.31. The highest BCUT2D eigenvalue weighted by atomic mass is 16.5. The molecule has 1 atom stereocenters. The maximum atomic E-state index is 13.3. The lowest BCUT2D eigenvalue weighted by atomic mass is 9.95. The van der Waals surface area contributed by atoms with Crippen molar-refractivity contribution in [3.8, 4) is 11.5 Å². The Morgan fingerprint density at radius 3 is 2.47 bits per heavy atom. The Morgan fingerprint density at radius 2 is 1.81 bits per heavy atom. The minimum Gasteiger partial charge on any atom is -0.507 e. The predicted molar refractivity (Wildman–Crippen MR) is 120 cm³/mol. The van der Waals surface area contributed by atoms with Gasteiger partial charge in [-0.3, -0.25) is 19.5 Å². The van der Waals surface area contributed by atoms with Gasteiger partial charge in [0.25, 0.3) is 11.7 Å². The second-order valence-electron chi connectivity index (χ2n) is 7.31. The molecule has 1 unspecified atom stereocenters. The maximum Gasteiger partial charge on any atom is 0.300 e. The molecule has 4 rings (SSSR count). The number of aliphatic hydroxyl groups is 1. The third-order valence-corrected chi connectivity index (χ3v) is 5.48. The summed E-state index contributed by atoms with van der Waals surface area (Å²) in [6.07, 6.45) is 3.19. The molecule has 2 aromatic carbocycles. The fraction of sp³-hybridized carbons (Fsp3) is 0.160. The number of carbonyl (C=O) groups excluding carboxylic acids is 2. The average Bonchev–Trinajstić information content (AvgIpc) is 3.09. The smallest absolute Gasteiger partial charge is 0.300 e. The Bertz CT molecular complexity index is 1220. The van der Waals surface area contributed by atoms with Gasteiger partial charge in [0.1, 0.15) is 17.3 Å². The molecule has 0 aliphatic carbocycles. The van der Waals surface area contributed by atoms with Crippen LogP contribution in [0.5, 0.6) is 11.5 Å². The van der Waals surface area contributed by atoms with E-state index in [0.29, 0.717) is 22.7 Å². The zero-order chi connectivity index (χ0) is 22.8. The number of Topliss-reactive ketones (excluding diaryl/α,β-unsaturated/α-hetero) is 1. The molecule has 162 valence electrons. The van der Waals surface area contributed by atoms with Crippen molar-refractivity contribution in [1.29, 1.82) is 0 Å². The van der Waals surface area contributed by atoms with E-state index in [0.717, 1.165) is 5.56 Å². The normalized spacial score (nSPS) is 17.5. The molecule has 0 bridgehead atoms. The molecular weight excluding hydrogens is 408 g/mol. The van der Waals surface area contributed by atoms with Crippen molar-refractivity contribution in [3.05, 3.63) is 89.3 Å². The summed E-state index contributed by atoms with van der Waals surface area (Å²) < 4.78 is 10.7. The minimum atomic E-state index is -0.860. The lowest BCUT2D eigenvalue weighted by Gasteiger charge is -2.26. The third-order valence-electron chi connectivity index (χ3n) is 5.48. The lowest BCUT2D eigenvalue weighted by molar-refractivity contribution is -0.132. The molecule has 7 heteroatoms. The van der Waals surface area contributed by atoms with E-state index in [4.69, 9.17) is 9.47 Å². The van der Waals surface area contributed by atoms with Gasteiger partial charge in [-0.2, -0.15) is 0 Å². The standard InChI is InChI=1S/C25H22N2O5/c1-15-7-4-5-9-19(15)27-22(16-8-6-12-26-14-16)21(24(29)25(27)30)23(28)18-13-17(31-2)10-11-20(18)32-3/h4-14,22,28H,1-3H3/b23-21+. The van der Waals surface area contributed by atoms with Gasteiger partial charge in [0.15, 0.2) is 0 Å². The van der Waals surface area contributed by atoms with Crippen molar-refractivity contribution < 1.29 is 24.2 Å². The number of carbonyl (C=O) groups is 2. The van der Waals surface area contributed by atoms with Crippen molar-refractivity contribution in [2.24, 2.45) is 0 Å². The van der Waals surface area contributed by atoms with Crippen LogP contribution < -0.4 is 14.4 Å². The minimum absolute atomic E-state index is 0.0437. The first-order chi connectivity index (χ1) is 15.5. The number of amides is 1. The Hall–Kier alpha value is -4.13. The van der Waals surface area contributed by atoms with E-state index in [2.05, 4.69) is 4.98 Å². The molecule has 32 heavy (non-hydrogen) atoms. The number of ether oxygens (including phenoxy) is 2. The van der Waals surface area contributed by atoms with Gasteiger partial charge < -0.3 is 14.6 Å². The first-order valence-electron chi connectivity index (χ1n) is 9.97. The highest BCUT2D eigenvalue weighted by Crippen LogP contribution is 2.44. The van der Waals surface area contributed by atoms with Crippen LogP contribution >= 0.6 is 0 Å². The fourth-order valence-corrected chi connectivity index (χ4v) is 3.91. The topological polar surface area (TPSA) is 89.0 Å². The zero-order valence-corrected chi connectivity index (χ0v) is 17.9. The monoisotopic (exact) mass is 430 g/mol. The number of aromatic nitrogens is 1. The number of hydrogen-bond donors (Lipinski definition) is 1. The number of ketones is 1. The van der Waals surface area contributed by atoms with Crippen LogP contribution in [0.25, 0.3) is 5.76 Å². The molecule has 1 saturated heterocycles. The number of hydrogen-bond acceptors (Lipinski definition) is 6. The Kier molecular flexibility index (Phi) is 5.64. The molecule has 3 aromatic rings. The predicted octanol–water partition coefficient (Wildman–Crippen LogP) is 4.03. The number of para-hydroxylation sites is 1. The van der Waals surface area contributed by atoms with Gasteiger partial charge in [-0.1, -0.05) is 24.3 Å². The number of pyridine rings is 1. The van der Waals surface area contributed by atoms with E-state index in [-0.39, 0.29) is 16.9 Å². The molecule has 0 saturated carbocycles. The summed E-state index contributed by atoms with van der Waals surface area (Å²) in [6, 6.07) is 14.8. The first kappa shape index (κ1) is 21.1. The van der Waals surface area contributed by atoms with Crippen LogP contribution in [0.1, 0.15) is 22.7 Å². The van der Waals surface area contributed by atoms with Crippen molar-refractivity contribution in [2.45, 2.75) is 13.0 Å². The molecule has 1 amide bonds. The Morgan fingerprint density at radius 1 is 1.03 bits per heavy atom. The summed E-state index contributed by atoms with van der Waals surface area (Å²) in [5, 5.41) is 11.3. The summed E-state index contributed by atoms with van der Waals surface area (Å²) in [6.45, 7) is 1.86. The quantitative estimate of drug-likeness (QED) is 0.373. The van der Waals surface area contributed by atoms with Crippen molar-refractivity contribution in [1.82, 2.24) is 4.98 Å². The van der Waals surface area contributed by atoms with Gasteiger partial charge in [-0.05, 0) is 48.4 Å². The molecule has 1 aromatic heterocycles. The average molecular weight is 430 g/mol. The molecule has 0 radical (unpaired) electrons. The zero-order valence-electron chi connectivity index (χ0n) is 17.9. The van der Waals surface area contributed by atoms with E-state index < -0.39 is 17.7 Å². The molecule has 1 aliphatic rings. The van der Waals surface area contributed by atoms with Gasteiger partial charge in [-0.15, -0.1) is 0 Å². The molecule has 1 aliphatic heterocycles. The van der Waals surface area contributed by atoms with E-state index in [1.54, 1.807) is 54.9 Å². The number of nitrogens with zero attached hydrogens (tertiary/aromatic N) is 2. The summed E-state index contributed by atoms with van der Waals surface area (Å²) in [4.78, 5) is 32.0. The lowest BCUT2D eigenvalue weighted by Crippen LogP contribution is -2.30. The van der Waals surface area contributed by atoms with Crippen LogP contribution in [0.15, 0.2) is 72.6 Å². The SMILES string of the molecule is COc1ccc(OC)c(/C(O)=C2\C(=O)C(=O)N(c3ccccc3C)C2c2cccnc2)c1. The van der Waals surface area contributed by atoms with Crippen LogP contribution in [0.4, 0.5) is 5.69 Å². The highest BCUT2D eigenvalue weighted by Gasteiger charge is 2.47. The number of methoxy groups -OCH3 is 2. The van der Waals surface area contributed by atoms with E-state index in [1.807, 2.05) is 19.1 Å². The van der Waals surface area contributed by atoms with Crippen LogP contribution in [-0.2, 0) is 9.59 Å². The summed E-state index contributed by atoms with van der Waals surface area (Å²) in [7, 11) is 2.96. The first-order valence-corrected chi connectivity index (χ1v) is 9.97. The summed E-state index contributed by atoms with van der Waals surface area (Å²) in [5.41, 5.74) is 2.21. The number of anilines is 1. The molecule has 1 fully saturated rings. The van der Waals surface area contributed by atoms with Crippen molar-refractivity contribution >= 4 is 23.1 Å². The van der Waals surface area contributed by atoms with E-state index in [9.17, 15) is 14.7 Å². The van der Waals surface area contributed by atoms with Crippen LogP contribution in [0.3, 0.4) is 0 Å². The van der Waals surface area contributed by atoms with Gasteiger partial charge in [0.2, 0.25) is 0 Å². The summed E-state index contributed by atoms with van der Waals surface area (Å²) >= 11 is 0. The highest BCUT2D eigenvalue weighted by molar-refractivity contribution is 6.51. The second kappa shape index (κ2) is 8.55. The molecule has 1 N–H and O–H groups in total. The van der Waals surface area contributed by atoms with E-state index >= 15 is 0 Å². The van der Waals surface area contributed by atoms with Crippen LogP contribution in [-0.4, -0.2) is 36.0 Å². The molecule has 7 nitrogen and oxygen atoms in total. The Balaban J connectivity index is 2.00. The Labute approximate surface area is 185 Å². The van der Waals surface area contributed by atoms with Gasteiger partial charge in [-0.25, -0.2) is 0 Å². The number of rotatable bonds is 5. The van der Waals surface area contributed by atoms with Gasteiger partial charge in [0, 0.05) is 18.1 Å². The molecule has 0 spiro atoms. The molecule has 2 heterocycles. The number of aryl methyl sites for hydroxylation is 1. The van der Waals surface area contributed by atoms with Crippen molar-refractivity contribution in [2.75, 3.05) is 19.1 Å². The third kappa shape index (κ3) is 3.47. The van der Waals surface area contributed by atoms with Gasteiger partial charge >= 0.3 is 0 Å². The summed E-state index contributed by atoms with van der Waals surface area (Å²) in [5.74, 6) is -1.04. The van der Waals surface area contributed by atoms with Crippen LogP contribution in [0.2, 0.25) is 0 Å². The fourth-order valence-electron chi connectivity index (χ4n) is 3.91. The van der Waals surface area contributed by atoms with Crippen LogP contribution in [0, 0.1) is 6.92 Å². The molecular formula is C25H22N2O5. The van der Waals surface area contributed by atoms with E-state index in [1.165, 1.54) is 19.1 Å². The maximum absolute atomic E-state index is 13.3. The number of aliphatic hydroxyl groups excluding tert-OH is 1. The van der Waals surface area contributed by atoms with Crippen molar-refractivity contribution in [3.63, 3.8) is 0 Å². The number of benzene rings is 2. The van der Waals surface area contributed by atoms with Gasteiger partial charge in [0.05, 0.1) is 31.4 Å².